The summed E-state index contributed by atoms with van der Waals surface area (Å²) in [6.07, 6.45) is 10.4. The summed E-state index contributed by atoms with van der Waals surface area (Å²) >= 11 is 8.65. The van der Waals surface area contributed by atoms with Crippen LogP contribution in [0, 0.1) is 0 Å². The molecule has 0 bridgehead atoms. The third-order valence-electron chi connectivity index (χ3n) is 3.40. The van der Waals surface area contributed by atoms with E-state index in [4.69, 9.17) is 0 Å². The van der Waals surface area contributed by atoms with E-state index in [1.54, 1.807) is 0 Å². The molecule has 0 aromatic carbocycles. The lowest BCUT2D eigenvalue weighted by Crippen LogP contribution is -2.14. The highest BCUT2D eigenvalue weighted by Gasteiger charge is 2.36. The minimum atomic E-state index is 0.959. The first kappa shape index (κ1) is 13.8. The van der Waals surface area contributed by atoms with Crippen molar-refractivity contribution < 1.29 is 0 Å². The fraction of sp³-hybridized carbons (Fsp3) is 1.00. The van der Waals surface area contributed by atoms with Gasteiger partial charge in [0.05, 0.1) is 0 Å². The van der Waals surface area contributed by atoms with Gasteiger partial charge >= 0.3 is 0 Å². The Labute approximate surface area is 117 Å². The van der Waals surface area contributed by atoms with Crippen molar-refractivity contribution in [1.82, 2.24) is 0 Å². The zero-order chi connectivity index (χ0) is 11.4. The van der Waals surface area contributed by atoms with E-state index in [0.29, 0.717) is 0 Å². The summed E-state index contributed by atoms with van der Waals surface area (Å²) in [4.78, 5) is 0. The highest BCUT2D eigenvalue weighted by Crippen LogP contribution is 2.47. The van der Waals surface area contributed by atoms with Crippen LogP contribution in [0.4, 0.5) is 0 Å². The fourth-order valence-corrected chi connectivity index (χ4v) is 8.24. The number of hydrogen-bond acceptors (Lipinski definition) is 4. The van der Waals surface area contributed by atoms with Crippen molar-refractivity contribution >= 4 is 47.0 Å². The fourth-order valence-electron chi connectivity index (χ4n) is 2.63. The van der Waals surface area contributed by atoms with Crippen LogP contribution in [0.15, 0.2) is 0 Å². The molecule has 0 aliphatic carbocycles. The molecule has 0 nitrogen and oxygen atoms in total. The minimum Gasteiger partial charge on any atom is -0.164 e. The Kier molecular flexibility index (Phi) is 6.14. The SMILES string of the molecule is CSCC1CCC(C2CCC(CSC)S2)S1. The average molecular weight is 295 g/mol. The van der Waals surface area contributed by atoms with E-state index in [9.17, 15) is 0 Å². The van der Waals surface area contributed by atoms with E-state index in [2.05, 4.69) is 36.0 Å². The van der Waals surface area contributed by atoms with Crippen molar-refractivity contribution in [1.29, 1.82) is 0 Å². The van der Waals surface area contributed by atoms with E-state index in [-0.39, 0.29) is 0 Å². The Bertz CT molecular complexity index is 187. The van der Waals surface area contributed by atoms with Crippen LogP contribution in [0.2, 0.25) is 0 Å². The molecule has 2 fully saturated rings. The molecule has 0 radical (unpaired) electrons. The molecule has 4 unspecified atom stereocenters. The first-order valence-corrected chi connectivity index (χ1v) is 10.8. The number of hydrogen-bond donors (Lipinski definition) is 0. The van der Waals surface area contributed by atoms with Crippen LogP contribution in [0.1, 0.15) is 25.7 Å². The maximum absolute atomic E-state index is 2.30. The summed E-state index contributed by atoms with van der Waals surface area (Å²) in [6, 6.07) is 0. The highest BCUT2D eigenvalue weighted by atomic mass is 32.2. The molecular weight excluding hydrogens is 272 g/mol. The van der Waals surface area contributed by atoms with Gasteiger partial charge in [-0.3, -0.25) is 0 Å². The van der Waals surface area contributed by atoms with E-state index in [1.165, 1.54) is 37.2 Å². The molecule has 0 amide bonds. The summed E-state index contributed by atoms with van der Waals surface area (Å²) in [5.41, 5.74) is 0. The molecule has 0 N–H and O–H groups in total. The van der Waals surface area contributed by atoms with Gasteiger partial charge < -0.3 is 0 Å². The standard InChI is InChI=1S/C12H22S4/c1-13-7-9-3-5-11(15-9)12-6-4-10(16-12)8-14-2/h9-12H,3-8H2,1-2H3. The molecule has 0 spiro atoms. The first-order valence-electron chi connectivity index (χ1n) is 6.12. The predicted octanol–water partition coefficient (Wildman–Crippen LogP) is 4.24. The lowest BCUT2D eigenvalue weighted by atomic mass is 10.1. The van der Waals surface area contributed by atoms with Gasteiger partial charge in [0.2, 0.25) is 0 Å². The van der Waals surface area contributed by atoms with Crippen LogP contribution < -0.4 is 0 Å². The summed E-state index contributed by atoms with van der Waals surface area (Å²) in [5.74, 6) is 2.74. The van der Waals surface area contributed by atoms with Gasteiger partial charge in [-0.2, -0.15) is 47.0 Å². The normalized spacial score (nSPS) is 39.4. The quantitative estimate of drug-likeness (QED) is 0.743. The van der Waals surface area contributed by atoms with Crippen LogP contribution in [0.25, 0.3) is 0 Å². The van der Waals surface area contributed by atoms with Crippen LogP contribution in [0.3, 0.4) is 0 Å². The molecule has 2 rings (SSSR count). The van der Waals surface area contributed by atoms with Gasteiger partial charge in [0.1, 0.15) is 0 Å². The number of thioether (sulfide) groups is 4. The third kappa shape index (κ3) is 3.69. The minimum absolute atomic E-state index is 0.959. The molecule has 4 atom stereocenters. The number of rotatable bonds is 5. The molecule has 2 aliphatic heterocycles. The van der Waals surface area contributed by atoms with Gasteiger partial charge in [-0.25, -0.2) is 0 Å². The molecule has 2 aliphatic rings. The lowest BCUT2D eigenvalue weighted by molar-refractivity contribution is 0.676. The Morgan fingerprint density at radius 1 is 0.812 bits per heavy atom. The molecular formula is C12H22S4. The van der Waals surface area contributed by atoms with E-state index in [1.807, 2.05) is 23.5 Å². The van der Waals surface area contributed by atoms with Gasteiger partial charge in [-0.15, -0.1) is 0 Å². The van der Waals surface area contributed by atoms with Crippen molar-refractivity contribution in [3.8, 4) is 0 Å². The van der Waals surface area contributed by atoms with E-state index >= 15 is 0 Å². The molecule has 4 heteroatoms. The summed E-state index contributed by atoms with van der Waals surface area (Å²) in [7, 11) is 0. The second-order valence-electron chi connectivity index (χ2n) is 4.66. The second-order valence-corrected chi connectivity index (χ2v) is 9.57. The zero-order valence-electron chi connectivity index (χ0n) is 10.2. The second kappa shape index (κ2) is 7.10. The largest absolute Gasteiger partial charge is 0.164 e. The summed E-state index contributed by atoms with van der Waals surface area (Å²) < 4.78 is 0. The molecule has 2 heterocycles. The predicted molar refractivity (Wildman–Crippen MR) is 85.6 cm³/mol. The maximum atomic E-state index is 2.30. The van der Waals surface area contributed by atoms with E-state index < -0.39 is 0 Å². The molecule has 0 saturated carbocycles. The first-order chi connectivity index (χ1) is 7.83. The van der Waals surface area contributed by atoms with Gasteiger partial charge in [-0.05, 0) is 38.2 Å². The Morgan fingerprint density at radius 3 is 1.62 bits per heavy atom. The van der Waals surface area contributed by atoms with Crippen LogP contribution in [-0.2, 0) is 0 Å². The van der Waals surface area contributed by atoms with Crippen molar-refractivity contribution in [3.63, 3.8) is 0 Å². The van der Waals surface area contributed by atoms with Gasteiger partial charge in [0.15, 0.2) is 0 Å². The van der Waals surface area contributed by atoms with Crippen LogP contribution in [-0.4, -0.2) is 45.0 Å². The van der Waals surface area contributed by atoms with Crippen molar-refractivity contribution in [2.45, 2.75) is 46.7 Å². The summed E-state index contributed by atoms with van der Waals surface area (Å²) in [5, 5.41) is 3.88. The third-order valence-corrected chi connectivity index (χ3v) is 8.87. The Hall–Kier alpha value is 1.40. The van der Waals surface area contributed by atoms with E-state index in [0.717, 1.165) is 21.0 Å². The average Bonchev–Trinajstić information content (AvgIpc) is 2.87. The van der Waals surface area contributed by atoms with Crippen molar-refractivity contribution in [2.24, 2.45) is 0 Å². The summed E-state index contributed by atoms with van der Waals surface area (Å²) in [6.45, 7) is 0. The zero-order valence-corrected chi connectivity index (χ0v) is 13.5. The lowest BCUT2D eigenvalue weighted by Gasteiger charge is -2.18. The van der Waals surface area contributed by atoms with Crippen molar-refractivity contribution in [2.75, 3.05) is 24.0 Å². The Balaban J connectivity index is 1.73. The monoisotopic (exact) mass is 294 g/mol. The molecule has 2 saturated heterocycles. The molecule has 16 heavy (non-hydrogen) atoms. The molecule has 94 valence electrons. The van der Waals surface area contributed by atoms with Gasteiger partial charge in [-0.1, -0.05) is 0 Å². The van der Waals surface area contributed by atoms with Crippen LogP contribution >= 0.6 is 47.0 Å². The van der Waals surface area contributed by atoms with Crippen LogP contribution in [0.5, 0.6) is 0 Å². The topological polar surface area (TPSA) is 0 Å². The highest BCUT2D eigenvalue weighted by molar-refractivity contribution is 8.06. The maximum Gasteiger partial charge on any atom is 0.0170 e. The smallest absolute Gasteiger partial charge is 0.0170 e. The molecule has 0 aromatic heterocycles. The van der Waals surface area contributed by atoms with Gasteiger partial charge in [0, 0.05) is 32.5 Å². The van der Waals surface area contributed by atoms with Gasteiger partial charge in [0.25, 0.3) is 0 Å². The molecule has 0 aromatic rings. The van der Waals surface area contributed by atoms with Crippen molar-refractivity contribution in [3.05, 3.63) is 0 Å². The Morgan fingerprint density at radius 2 is 1.25 bits per heavy atom.